The minimum atomic E-state index is -0.593. The summed E-state index contributed by atoms with van der Waals surface area (Å²) in [7, 11) is 0. The Bertz CT molecular complexity index is 965. The van der Waals surface area contributed by atoms with Crippen LogP contribution in [0.1, 0.15) is 57.4 Å². The zero-order valence-electron chi connectivity index (χ0n) is 19.4. The van der Waals surface area contributed by atoms with Crippen molar-refractivity contribution in [1.82, 2.24) is 10.2 Å². The molecule has 184 valence electrons. The van der Waals surface area contributed by atoms with Crippen LogP contribution in [0, 0.1) is 0 Å². The molecule has 1 atom stereocenters. The number of carbonyl (C=O) groups is 2. The standard InChI is InChI=1S/C26H31Cl3N2O2S/c1-18(26(33)30-22-6-3-2-4-7-22)31(17-19-9-10-21(28)16-24(19)29)25(32)8-5-15-34-23-13-11-20(27)12-14-23/h9-14,16,18,22H,2-8,15,17H2,1H3,(H,30,33). The van der Waals surface area contributed by atoms with Crippen LogP contribution in [0.4, 0.5) is 0 Å². The van der Waals surface area contributed by atoms with Crippen LogP contribution in [0.25, 0.3) is 0 Å². The number of amides is 2. The number of nitrogens with zero attached hydrogens (tertiary/aromatic N) is 1. The van der Waals surface area contributed by atoms with E-state index in [1.54, 1.807) is 35.7 Å². The Morgan fingerprint density at radius 3 is 2.38 bits per heavy atom. The SMILES string of the molecule is CC(C(=O)NC1CCCCC1)N(Cc1ccc(Cl)cc1Cl)C(=O)CCCSc1ccc(Cl)cc1. The largest absolute Gasteiger partial charge is 0.352 e. The lowest BCUT2D eigenvalue weighted by Crippen LogP contribution is -2.50. The molecule has 3 rings (SSSR count). The van der Waals surface area contributed by atoms with Gasteiger partial charge in [-0.25, -0.2) is 0 Å². The highest BCUT2D eigenvalue weighted by molar-refractivity contribution is 7.99. The molecule has 8 heteroatoms. The first kappa shape index (κ1) is 27.2. The molecule has 34 heavy (non-hydrogen) atoms. The molecular weight excluding hydrogens is 511 g/mol. The minimum absolute atomic E-state index is 0.0611. The second-order valence-electron chi connectivity index (χ2n) is 8.68. The summed E-state index contributed by atoms with van der Waals surface area (Å²) < 4.78 is 0. The maximum atomic E-state index is 13.3. The van der Waals surface area contributed by atoms with Crippen LogP contribution in [0.5, 0.6) is 0 Å². The molecule has 0 bridgehead atoms. The van der Waals surface area contributed by atoms with Crippen molar-refractivity contribution < 1.29 is 9.59 Å². The van der Waals surface area contributed by atoms with Gasteiger partial charge in [0.15, 0.2) is 0 Å². The summed E-state index contributed by atoms with van der Waals surface area (Å²) in [4.78, 5) is 29.1. The molecule has 0 radical (unpaired) electrons. The van der Waals surface area contributed by atoms with Crippen LogP contribution in [0.2, 0.25) is 15.1 Å². The lowest BCUT2D eigenvalue weighted by atomic mass is 9.95. The van der Waals surface area contributed by atoms with Crippen molar-refractivity contribution in [2.24, 2.45) is 0 Å². The first-order valence-electron chi connectivity index (χ1n) is 11.8. The van der Waals surface area contributed by atoms with E-state index in [0.29, 0.717) is 27.9 Å². The Hall–Kier alpha value is -1.40. The van der Waals surface area contributed by atoms with Crippen LogP contribution in [-0.4, -0.2) is 34.6 Å². The quantitative estimate of drug-likeness (QED) is 0.252. The molecule has 0 aliphatic heterocycles. The molecule has 1 fully saturated rings. The van der Waals surface area contributed by atoms with E-state index >= 15 is 0 Å². The normalized spacial score (nSPS) is 15.1. The van der Waals surface area contributed by atoms with Crippen molar-refractivity contribution in [3.8, 4) is 0 Å². The second-order valence-corrected chi connectivity index (χ2v) is 11.1. The number of halogens is 3. The third-order valence-corrected chi connectivity index (χ3v) is 8.03. The minimum Gasteiger partial charge on any atom is -0.352 e. The fraction of sp³-hybridized carbons (Fsp3) is 0.462. The lowest BCUT2D eigenvalue weighted by Gasteiger charge is -2.31. The maximum absolute atomic E-state index is 13.3. The van der Waals surface area contributed by atoms with Gasteiger partial charge in [0.25, 0.3) is 0 Å². The van der Waals surface area contributed by atoms with Crippen LogP contribution >= 0.6 is 46.6 Å². The van der Waals surface area contributed by atoms with Gasteiger partial charge >= 0.3 is 0 Å². The topological polar surface area (TPSA) is 49.4 Å². The number of rotatable bonds is 10. The van der Waals surface area contributed by atoms with Crippen LogP contribution in [0.15, 0.2) is 47.4 Å². The van der Waals surface area contributed by atoms with E-state index in [9.17, 15) is 9.59 Å². The van der Waals surface area contributed by atoms with Crippen LogP contribution < -0.4 is 5.32 Å². The summed E-state index contributed by atoms with van der Waals surface area (Å²) in [5.74, 6) is 0.626. The van der Waals surface area contributed by atoms with Gasteiger partial charge in [0.05, 0.1) is 0 Å². The first-order chi connectivity index (χ1) is 16.3. The molecule has 2 amide bonds. The van der Waals surface area contributed by atoms with E-state index in [1.807, 2.05) is 30.3 Å². The average molecular weight is 542 g/mol. The van der Waals surface area contributed by atoms with Gasteiger partial charge in [-0.1, -0.05) is 60.1 Å². The van der Waals surface area contributed by atoms with Crippen molar-refractivity contribution in [2.45, 2.75) is 75.4 Å². The van der Waals surface area contributed by atoms with Crippen molar-refractivity contribution in [1.29, 1.82) is 0 Å². The molecule has 0 saturated heterocycles. The summed E-state index contributed by atoms with van der Waals surface area (Å²) in [6, 6.07) is 12.5. The molecule has 0 spiro atoms. The van der Waals surface area contributed by atoms with E-state index in [2.05, 4.69) is 5.32 Å². The summed E-state index contributed by atoms with van der Waals surface area (Å²) in [5, 5.41) is 4.89. The Morgan fingerprint density at radius 2 is 1.71 bits per heavy atom. The van der Waals surface area contributed by atoms with Gasteiger partial charge in [0, 0.05) is 39.0 Å². The molecule has 0 aromatic heterocycles. The zero-order valence-corrected chi connectivity index (χ0v) is 22.5. The first-order valence-corrected chi connectivity index (χ1v) is 13.9. The van der Waals surface area contributed by atoms with Crippen molar-refractivity contribution >= 4 is 58.4 Å². The number of hydrogen-bond donors (Lipinski definition) is 1. The smallest absolute Gasteiger partial charge is 0.242 e. The van der Waals surface area contributed by atoms with Gasteiger partial charge in [-0.15, -0.1) is 11.8 Å². The Labute approximate surface area is 221 Å². The van der Waals surface area contributed by atoms with E-state index in [-0.39, 0.29) is 24.4 Å². The van der Waals surface area contributed by atoms with Crippen molar-refractivity contribution in [2.75, 3.05) is 5.75 Å². The van der Waals surface area contributed by atoms with Gasteiger partial charge < -0.3 is 10.2 Å². The number of nitrogens with one attached hydrogen (secondary N) is 1. The van der Waals surface area contributed by atoms with E-state index in [4.69, 9.17) is 34.8 Å². The van der Waals surface area contributed by atoms with Gasteiger partial charge in [-0.05, 0) is 73.9 Å². The van der Waals surface area contributed by atoms with Gasteiger partial charge in [0.1, 0.15) is 6.04 Å². The van der Waals surface area contributed by atoms with Crippen LogP contribution in [-0.2, 0) is 16.1 Å². The molecule has 2 aromatic carbocycles. The predicted octanol–water partition coefficient (Wildman–Crippen LogP) is 7.39. The summed E-state index contributed by atoms with van der Waals surface area (Å²) >= 11 is 20.1. The third kappa shape index (κ3) is 8.37. The number of thioether (sulfide) groups is 1. The third-order valence-electron chi connectivity index (χ3n) is 6.09. The van der Waals surface area contributed by atoms with E-state index < -0.39 is 6.04 Å². The molecule has 1 aliphatic rings. The second kappa shape index (κ2) is 13.6. The fourth-order valence-corrected chi connectivity index (χ4v) is 5.52. The highest BCUT2D eigenvalue weighted by Gasteiger charge is 2.28. The molecule has 1 saturated carbocycles. The molecule has 1 unspecified atom stereocenters. The summed E-state index contributed by atoms with van der Waals surface area (Å²) in [6.45, 7) is 2.06. The van der Waals surface area contributed by atoms with E-state index in [1.165, 1.54) is 6.42 Å². The number of carbonyl (C=O) groups excluding carboxylic acids is 2. The molecule has 2 aromatic rings. The molecule has 1 N–H and O–H groups in total. The maximum Gasteiger partial charge on any atom is 0.242 e. The Balaban J connectivity index is 1.63. The molecular formula is C26H31Cl3N2O2S. The van der Waals surface area contributed by atoms with Gasteiger partial charge in [0.2, 0.25) is 11.8 Å². The van der Waals surface area contributed by atoms with Gasteiger partial charge in [-0.3, -0.25) is 9.59 Å². The highest BCUT2D eigenvalue weighted by atomic mass is 35.5. The highest BCUT2D eigenvalue weighted by Crippen LogP contribution is 2.25. The zero-order chi connectivity index (χ0) is 24.5. The molecule has 0 heterocycles. The van der Waals surface area contributed by atoms with Crippen molar-refractivity contribution in [3.05, 3.63) is 63.1 Å². The predicted molar refractivity (Wildman–Crippen MR) is 143 cm³/mol. The molecule has 4 nitrogen and oxygen atoms in total. The summed E-state index contributed by atoms with van der Waals surface area (Å²) in [5.41, 5.74) is 0.771. The van der Waals surface area contributed by atoms with Crippen LogP contribution in [0.3, 0.4) is 0 Å². The molecule has 1 aliphatic carbocycles. The summed E-state index contributed by atoms with van der Waals surface area (Å²) in [6.07, 6.45) is 6.53. The average Bonchev–Trinajstić information content (AvgIpc) is 2.82. The fourth-order valence-electron chi connectivity index (χ4n) is 4.07. The lowest BCUT2D eigenvalue weighted by molar-refractivity contribution is -0.141. The Morgan fingerprint density at radius 1 is 1.03 bits per heavy atom. The number of benzene rings is 2. The van der Waals surface area contributed by atoms with Gasteiger partial charge in [-0.2, -0.15) is 0 Å². The van der Waals surface area contributed by atoms with E-state index in [0.717, 1.165) is 41.9 Å². The van der Waals surface area contributed by atoms with Crippen molar-refractivity contribution in [3.63, 3.8) is 0 Å². The Kier molecular flexibility index (Phi) is 10.9. The monoisotopic (exact) mass is 540 g/mol. The number of hydrogen-bond acceptors (Lipinski definition) is 3.